The third kappa shape index (κ3) is 3.35. The van der Waals surface area contributed by atoms with Crippen molar-refractivity contribution in [2.24, 2.45) is 0 Å². The molecule has 2 aliphatic rings. The normalized spacial score (nSPS) is 21.2. The third-order valence-corrected chi connectivity index (χ3v) is 3.28. The molecule has 0 spiro atoms. The van der Waals surface area contributed by atoms with Crippen LogP contribution in [0.5, 0.6) is 0 Å². The lowest BCUT2D eigenvalue weighted by atomic mass is 10.1. The Kier molecular flexibility index (Phi) is 4.42. The summed E-state index contributed by atoms with van der Waals surface area (Å²) in [4.78, 5) is 2.13. The van der Waals surface area contributed by atoms with Crippen LogP contribution >= 0.6 is 12.2 Å². The predicted octanol–water partition coefficient (Wildman–Crippen LogP) is 1.16. The monoisotopic (exact) mass is 241 g/mol. The highest BCUT2D eigenvalue weighted by atomic mass is 32.1. The highest BCUT2D eigenvalue weighted by molar-refractivity contribution is 7.80. The maximum absolute atomic E-state index is 5.31. The average molecular weight is 241 g/mol. The molecule has 2 N–H and O–H groups in total. The van der Waals surface area contributed by atoms with Crippen molar-refractivity contribution in [2.45, 2.75) is 25.7 Å². The number of hydrogen-bond donors (Lipinski definition) is 2. The minimum Gasteiger partial charge on any atom is -0.378 e. The van der Waals surface area contributed by atoms with Gasteiger partial charge >= 0.3 is 0 Å². The van der Waals surface area contributed by atoms with E-state index in [4.69, 9.17) is 17.0 Å². The van der Waals surface area contributed by atoms with E-state index in [1.807, 2.05) is 0 Å². The van der Waals surface area contributed by atoms with Crippen molar-refractivity contribution >= 4 is 17.3 Å². The fourth-order valence-electron chi connectivity index (χ4n) is 1.93. The van der Waals surface area contributed by atoms with Gasteiger partial charge in [0.2, 0.25) is 0 Å². The average Bonchev–Trinajstić information content (AvgIpc) is 2.38. The van der Waals surface area contributed by atoms with Gasteiger partial charge in [0.05, 0.1) is 13.2 Å². The Morgan fingerprint density at radius 3 is 2.81 bits per heavy atom. The summed E-state index contributed by atoms with van der Waals surface area (Å²) in [6.45, 7) is 3.30. The predicted molar refractivity (Wildman–Crippen MR) is 67.8 cm³/mol. The largest absolute Gasteiger partial charge is 0.378 e. The number of hydrazine groups is 1. The molecule has 0 aromatic carbocycles. The Bertz CT molecular complexity index is 274. The Hall–Kier alpha value is -0.810. The van der Waals surface area contributed by atoms with Gasteiger partial charge in [-0.25, -0.2) is 0 Å². The van der Waals surface area contributed by atoms with Crippen molar-refractivity contribution in [2.75, 3.05) is 26.3 Å². The second-order valence-electron chi connectivity index (χ2n) is 4.13. The molecular weight excluding hydrogens is 222 g/mol. The Morgan fingerprint density at radius 1 is 1.31 bits per heavy atom. The van der Waals surface area contributed by atoms with E-state index in [1.54, 1.807) is 0 Å². The minimum absolute atomic E-state index is 0.768. The molecule has 1 saturated heterocycles. The fourth-order valence-corrected chi connectivity index (χ4v) is 2.16. The molecular formula is C11H19N3OS. The molecule has 1 aliphatic heterocycles. The van der Waals surface area contributed by atoms with Crippen LogP contribution in [0.4, 0.5) is 0 Å². The molecule has 0 unspecified atom stereocenters. The molecule has 0 bridgehead atoms. The highest BCUT2D eigenvalue weighted by Crippen LogP contribution is 2.14. The lowest BCUT2D eigenvalue weighted by molar-refractivity contribution is 0.0674. The summed E-state index contributed by atoms with van der Waals surface area (Å²) in [5, 5.41) is 0.773. The molecule has 1 fully saturated rings. The van der Waals surface area contributed by atoms with Crippen molar-refractivity contribution in [3.05, 3.63) is 11.8 Å². The van der Waals surface area contributed by atoms with E-state index in [0.29, 0.717) is 0 Å². The van der Waals surface area contributed by atoms with Crippen molar-refractivity contribution in [3.8, 4) is 0 Å². The summed E-state index contributed by atoms with van der Waals surface area (Å²) < 4.78 is 5.28. The van der Waals surface area contributed by atoms with Crippen molar-refractivity contribution in [1.29, 1.82) is 0 Å². The van der Waals surface area contributed by atoms with Crippen LogP contribution in [-0.4, -0.2) is 36.3 Å². The van der Waals surface area contributed by atoms with Gasteiger partial charge in [0, 0.05) is 18.8 Å². The van der Waals surface area contributed by atoms with E-state index in [1.165, 1.54) is 25.0 Å². The van der Waals surface area contributed by atoms with Crippen molar-refractivity contribution in [1.82, 2.24) is 15.8 Å². The van der Waals surface area contributed by atoms with Gasteiger partial charge in [0.25, 0.3) is 0 Å². The highest BCUT2D eigenvalue weighted by Gasteiger charge is 2.13. The molecule has 0 amide bonds. The first-order valence-electron chi connectivity index (χ1n) is 5.94. The Morgan fingerprint density at radius 2 is 2.12 bits per heavy atom. The standard InChI is InChI=1S/C11H19N3OS/c16-11(14-6-8-15-9-7-14)13-12-10-4-2-1-3-5-10/h4,12H,1-3,5-9H2,(H,13,16). The molecule has 16 heavy (non-hydrogen) atoms. The van der Waals surface area contributed by atoms with E-state index in [9.17, 15) is 0 Å². The number of nitrogens with one attached hydrogen (secondary N) is 2. The number of hydrogen-bond acceptors (Lipinski definition) is 3. The quantitative estimate of drug-likeness (QED) is 0.560. The van der Waals surface area contributed by atoms with Crippen LogP contribution in [0.15, 0.2) is 11.8 Å². The zero-order valence-corrected chi connectivity index (χ0v) is 10.3. The number of morpholine rings is 1. The summed E-state index contributed by atoms with van der Waals surface area (Å²) in [5.74, 6) is 0. The van der Waals surface area contributed by atoms with Crippen molar-refractivity contribution < 1.29 is 4.74 Å². The van der Waals surface area contributed by atoms with Crippen LogP contribution in [-0.2, 0) is 4.74 Å². The van der Waals surface area contributed by atoms with Gasteiger partial charge in [-0.15, -0.1) is 0 Å². The second-order valence-corrected chi connectivity index (χ2v) is 4.52. The van der Waals surface area contributed by atoms with Gasteiger partial charge in [-0.2, -0.15) is 0 Å². The smallest absolute Gasteiger partial charge is 0.187 e. The lowest BCUT2D eigenvalue weighted by Crippen LogP contribution is -2.50. The molecule has 5 heteroatoms. The van der Waals surface area contributed by atoms with Crippen LogP contribution < -0.4 is 10.9 Å². The molecule has 0 atom stereocenters. The van der Waals surface area contributed by atoms with E-state index < -0.39 is 0 Å². The number of nitrogens with zero attached hydrogens (tertiary/aromatic N) is 1. The summed E-state index contributed by atoms with van der Waals surface area (Å²) in [6, 6.07) is 0. The summed E-state index contributed by atoms with van der Waals surface area (Å²) >= 11 is 5.31. The van der Waals surface area contributed by atoms with Gasteiger partial charge in [0.15, 0.2) is 5.11 Å². The van der Waals surface area contributed by atoms with Crippen molar-refractivity contribution in [3.63, 3.8) is 0 Å². The zero-order valence-electron chi connectivity index (χ0n) is 9.50. The number of thiocarbonyl (C=S) groups is 1. The number of rotatable bonds is 2. The van der Waals surface area contributed by atoms with E-state index in [-0.39, 0.29) is 0 Å². The minimum atomic E-state index is 0.768. The molecule has 1 heterocycles. The summed E-state index contributed by atoms with van der Waals surface area (Å²) in [7, 11) is 0. The topological polar surface area (TPSA) is 36.5 Å². The lowest BCUT2D eigenvalue weighted by Gasteiger charge is -2.30. The van der Waals surface area contributed by atoms with Crippen LogP contribution in [0.1, 0.15) is 25.7 Å². The molecule has 0 saturated carbocycles. The van der Waals surface area contributed by atoms with Gasteiger partial charge < -0.3 is 15.1 Å². The SMILES string of the molecule is S=C(NNC1=CCCCC1)N1CCOCC1. The second kappa shape index (κ2) is 6.06. The van der Waals surface area contributed by atoms with Crippen LogP contribution in [0.2, 0.25) is 0 Å². The van der Waals surface area contributed by atoms with Gasteiger partial charge in [-0.3, -0.25) is 5.43 Å². The Labute approximate surface area is 102 Å². The molecule has 0 radical (unpaired) electrons. The number of ether oxygens (including phenoxy) is 1. The molecule has 4 nitrogen and oxygen atoms in total. The van der Waals surface area contributed by atoms with Gasteiger partial charge in [-0.1, -0.05) is 6.08 Å². The van der Waals surface area contributed by atoms with E-state index >= 15 is 0 Å². The van der Waals surface area contributed by atoms with Gasteiger partial charge in [-0.05, 0) is 37.9 Å². The van der Waals surface area contributed by atoms with E-state index in [2.05, 4.69) is 21.8 Å². The zero-order chi connectivity index (χ0) is 11.2. The fraction of sp³-hybridized carbons (Fsp3) is 0.727. The maximum Gasteiger partial charge on any atom is 0.187 e. The first kappa shape index (κ1) is 11.7. The summed E-state index contributed by atoms with van der Waals surface area (Å²) in [6.07, 6.45) is 7.12. The summed E-state index contributed by atoms with van der Waals surface area (Å²) in [5.41, 5.74) is 7.58. The van der Waals surface area contributed by atoms with Crippen LogP contribution in [0, 0.1) is 0 Å². The molecule has 2 rings (SSSR count). The van der Waals surface area contributed by atoms with Crippen LogP contribution in [0.3, 0.4) is 0 Å². The van der Waals surface area contributed by atoms with Crippen LogP contribution in [0.25, 0.3) is 0 Å². The Balaban J connectivity index is 1.72. The number of allylic oxidation sites excluding steroid dienone is 2. The first-order valence-corrected chi connectivity index (χ1v) is 6.35. The first-order chi connectivity index (χ1) is 7.86. The van der Waals surface area contributed by atoms with Gasteiger partial charge in [0.1, 0.15) is 0 Å². The molecule has 0 aromatic rings. The molecule has 0 aromatic heterocycles. The third-order valence-electron chi connectivity index (χ3n) is 2.92. The van der Waals surface area contributed by atoms with E-state index in [0.717, 1.165) is 37.8 Å². The molecule has 90 valence electrons. The molecule has 1 aliphatic carbocycles. The maximum atomic E-state index is 5.31.